The summed E-state index contributed by atoms with van der Waals surface area (Å²) in [6, 6.07) is 6.61. The molecule has 0 saturated carbocycles. The second kappa shape index (κ2) is 7.92. The van der Waals surface area contributed by atoms with Crippen molar-refractivity contribution < 1.29 is 4.79 Å². The van der Waals surface area contributed by atoms with Crippen LogP contribution in [-0.4, -0.2) is 18.5 Å². The van der Waals surface area contributed by atoms with Gasteiger partial charge in [0.05, 0.1) is 6.54 Å². The lowest BCUT2D eigenvalue weighted by atomic mass is 10.0. The largest absolute Gasteiger partial charge is 0.351 e. The number of benzene rings is 1. The first-order chi connectivity index (χ1) is 9.05. The van der Waals surface area contributed by atoms with E-state index in [1.165, 1.54) is 5.56 Å². The van der Waals surface area contributed by atoms with Gasteiger partial charge < -0.3 is 16.4 Å². The Balaban J connectivity index is 2.54. The Bertz CT molecular complexity index is 394. The number of carbonyl (C=O) groups is 1. The average molecular weight is 263 g/mol. The Kier molecular flexibility index (Phi) is 6.53. The van der Waals surface area contributed by atoms with Crippen LogP contribution in [0.15, 0.2) is 18.2 Å². The summed E-state index contributed by atoms with van der Waals surface area (Å²) in [5, 5.41) is 6.01. The number of nitrogens with one attached hydrogen (secondary N) is 2. The van der Waals surface area contributed by atoms with Crippen molar-refractivity contribution in [2.24, 2.45) is 5.73 Å². The molecule has 1 aromatic carbocycles. The number of rotatable bonds is 7. The summed E-state index contributed by atoms with van der Waals surface area (Å²) in [6.07, 6.45) is 0.976. The molecule has 0 heterocycles. The van der Waals surface area contributed by atoms with E-state index in [-0.39, 0.29) is 5.91 Å². The van der Waals surface area contributed by atoms with Crippen LogP contribution in [0.1, 0.15) is 37.5 Å². The van der Waals surface area contributed by atoms with Gasteiger partial charge in [-0.05, 0) is 23.1 Å². The first kappa shape index (κ1) is 15.7. The predicted octanol–water partition coefficient (Wildman–Crippen LogP) is 1.32. The molecule has 0 spiro atoms. The molecule has 0 aromatic heterocycles. The zero-order chi connectivity index (χ0) is 14.3. The maximum Gasteiger partial charge on any atom is 0.234 e. The van der Waals surface area contributed by atoms with Gasteiger partial charge in [-0.2, -0.15) is 0 Å². The van der Waals surface area contributed by atoms with Crippen molar-refractivity contribution in [3.8, 4) is 0 Å². The van der Waals surface area contributed by atoms with Crippen molar-refractivity contribution >= 4 is 5.91 Å². The van der Waals surface area contributed by atoms with Crippen LogP contribution in [0.25, 0.3) is 0 Å². The highest BCUT2D eigenvalue weighted by Gasteiger charge is 2.04. The molecule has 1 rings (SSSR count). The van der Waals surface area contributed by atoms with Gasteiger partial charge in [0, 0.05) is 19.1 Å². The van der Waals surface area contributed by atoms with E-state index in [2.05, 4.69) is 35.8 Å². The summed E-state index contributed by atoms with van der Waals surface area (Å²) in [5.74, 6) is 0.0184. The Hall–Kier alpha value is -1.39. The molecule has 1 aromatic rings. The molecule has 0 radical (unpaired) electrons. The molecule has 4 heteroatoms. The van der Waals surface area contributed by atoms with Crippen LogP contribution >= 0.6 is 0 Å². The van der Waals surface area contributed by atoms with E-state index >= 15 is 0 Å². The van der Waals surface area contributed by atoms with Crippen molar-refractivity contribution in [2.75, 3.05) is 6.54 Å². The lowest BCUT2D eigenvalue weighted by molar-refractivity contribution is -0.120. The van der Waals surface area contributed by atoms with E-state index in [0.29, 0.717) is 25.7 Å². The fraction of sp³-hybridized carbons (Fsp3) is 0.533. The van der Waals surface area contributed by atoms with E-state index in [9.17, 15) is 4.79 Å². The van der Waals surface area contributed by atoms with Gasteiger partial charge in [0.15, 0.2) is 0 Å². The molecular weight excluding hydrogens is 238 g/mol. The first-order valence-electron chi connectivity index (χ1n) is 6.87. The van der Waals surface area contributed by atoms with Crippen molar-refractivity contribution in [3.05, 3.63) is 34.9 Å². The van der Waals surface area contributed by atoms with Crippen LogP contribution in [-0.2, 0) is 24.3 Å². The number of nitrogens with two attached hydrogens (primary N) is 1. The van der Waals surface area contributed by atoms with Gasteiger partial charge in [0.2, 0.25) is 5.91 Å². The molecule has 0 aliphatic rings. The van der Waals surface area contributed by atoms with Crippen LogP contribution in [0.3, 0.4) is 0 Å². The van der Waals surface area contributed by atoms with Gasteiger partial charge in [0.25, 0.3) is 0 Å². The fourth-order valence-corrected chi connectivity index (χ4v) is 1.82. The lowest BCUT2D eigenvalue weighted by Gasteiger charge is -2.11. The Morgan fingerprint density at radius 2 is 1.84 bits per heavy atom. The van der Waals surface area contributed by atoms with Crippen molar-refractivity contribution in [1.29, 1.82) is 0 Å². The number of hydrogen-bond donors (Lipinski definition) is 3. The Labute approximate surface area is 115 Å². The minimum absolute atomic E-state index is 0.0184. The van der Waals surface area contributed by atoms with Crippen molar-refractivity contribution in [2.45, 2.75) is 46.3 Å². The quantitative estimate of drug-likeness (QED) is 0.695. The molecule has 0 unspecified atom stereocenters. The molecule has 0 atom stereocenters. The van der Waals surface area contributed by atoms with Crippen LogP contribution in [0.4, 0.5) is 0 Å². The molecule has 0 aliphatic heterocycles. The van der Waals surface area contributed by atoms with Gasteiger partial charge in [-0.15, -0.1) is 0 Å². The average Bonchev–Trinajstić information content (AvgIpc) is 2.42. The maximum absolute atomic E-state index is 11.6. The Morgan fingerprint density at radius 1 is 1.21 bits per heavy atom. The minimum Gasteiger partial charge on any atom is -0.351 e. The summed E-state index contributed by atoms with van der Waals surface area (Å²) in [7, 11) is 0. The number of aryl methyl sites for hydroxylation is 1. The second-order valence-electron chi connectivity index (χ2n) is 5.03. The second-order valence-corrected chi connectivity index (χ2v) is 5.03. The summed E-state index contributed by atoms with van der Waals surface area (Å²) >= 11 is 0. The molecule has 0 bridgehead atoms. The van der Waals surface area contributed by atoms with E-state index in [1.54, 1.807) is 0 Å². The van der Waals surface area contributed by atoms with Crippen LogP contribution < -0.4 is 16.4 Å². The molecule has 4 N–H and O–H groups in total. The Morgan fingerprint density at radius 3 is 2.42 bits per heavy atom. The third kappa shape index (κ3) is 5.85. The van der Waals surface area contributed by atoms with E-state index in [1.807, 2.05) is 13.8 Å². The number of amides is 1. The van der Waals surface area contributed by atoms with Gasteiger partial charge in [-0.3, -0.25) is 4.79 Å². The van der Waals surface area contributed by atoms with E-state index < -0.39 is 0 Å². The number of carbonyl (C=O) groups excluding carboxylic acids is 1. The van der Waals surface area contributed by atoms with Crippen LogP contribution in [0.2, 0.25) is 0 Å². The fourth-order valence-electron chi connectivity index (χ4n) is 1.82. The molecule has 1 amide bonds. The molecule has 19 heavy (non-hydrogen) atoms. The first-order valence-corrected chi connectivity index (χ1v) is 6.87. The predicted molar refractivity (Wildman–Crippen MR) is 78.7 cm³/mol. The molecule has 106 valence electrons. The summed E-state index contributed by atoms with van der Waals surface area (Å²) in [6.45, 7) is 7.60. The SMILES string of the molecule is CCc1cc(CN)cc(CNC(=O)CNC(C)C)c1. The van der Waals surface area contributed by atoms with Gasteiger partial charge in [-0.25, -0.2) is 0 Å². The lowest BCUT2D eigenvalue weighted by Crippen LogP contribution is -2.36. The minimum atomic E-state index is 0.0184. The van der Waals surface area contributed by atoms with Crippen molar-refractivity contribution in [1.82, 2.24) is 10.6 Å². The number of hydrogen-bond acceptors (Lipinski definition) is 3. The highest BCUT2D eigenvalue weighted by molar-refractivity contribution is 5.78. The zero-order valence-corrected chi connectivity index (χ0v) is 12.1. The molecule has 4 nitrogen and oxygen atoms in total. The standard InChI is InChI=1S/C15H25N3O/c1-4-12-5-13(8-16)7-14(6-12)9-18-15(19)10-17-11(2)3/h5-7,11,17H,4,8-10,16H2,1-3H3,(H,18,19). The molecule has 0 aliphatic carbocycles. The highest BCUT2D eigenvalue weighted by atomic mass is 16.1. The zero-order valence-electron chi connectivity index (χ0n) is 12.1. The molecule has 0 saturated heterocycles. The smallest absolute Gasteiger partial charge is 0.234 e. The van der Waals surface area contributed by atoms with Crippen LogP contribution in [0.5, 0.6) is 0 Å². The molecule has 0 fully saturated rings. The summed E-state index contributed by atoms with van der Waals surface area (Å²) in [4.78, 5) is 11.6. The maximum atomic E-state index is 11.6. The topological polar surface area (TPSA) is 67.1 Å². The van der Waals surface area contributed by atoms with Gasteiger partial charge in [0.1, 0.15) is 0 Å². The summed E-state index contributed by atoms with van der Waals surface area (Å²) in [5.41, 5.74) is 9.16. The highest BCUT2D eigenvalue weighted by Crippen LogP contribution is 2.10. The van der Waals surface area contributed by atoms with Gasteiger partial charge in [-0.1, -0.05) is 39.0 Å². The third-order valence-electron chi connectivity index (χ3n) is 2.92. The third-order valence-corrected chi connectivity index (χ3v) is 2.92. The van der Waals surface area contributed by atoms with Crippen molar-refractivity contribution in [3.63, 3.8) is 0 Å². The summed E-state index contributed by atoms with van der Waals surface area (Å²) < 4.78 is 0. The van der Waals surface area contributed by atoms with Crippen LogP contribution in [0, 0.1) is 0 Å². The normalized spacial score (nSPS) is 10.8. The monoisotopic (exact) mass is 263 g/mol. The molecular formula is C15H25N3O. The van der Waals surface area contributed by atoms with E-state index in [0.717, 1.165) is 17.5 Å². The van der Waals surface area contributed by atoms with E-state index in [4.69, 9.17) is 5.73 Å². The van der Waals surface area contributed by atoms with Gasteiger partial charge >= 0.3 is 0 Å².